The van der Waals surface area contributed by atoms with Crippen molar-refractivity contribution in [1.29, 1.82) is 0 Å². The maximum atomic E-state index is 13.7. The summed E-state index contributed by atoms with van der Waals surface area (Å²) in [6, 6.07) is 23.0. The van der Waals surface area contributed by atoms with Gasteiger partial charge in [0.25, 0.3) is 0 Å². The van der Waals surface area contributed by atoms with Gasteiger partial charge in [0.05, 0.1) is 11.7 Å². The van der Waals surface area contributed by atoms with Gasteiger partial charge in [0, 0.05) is 43.6 Å². The quantitative estimate of drug-likeness (QED) is 0.339. The summed E-state index contributed by atoms with van der Waals surface area (Å²) in [5, 5.41) is 7.40. The second kappa shape index (κ2) is 12.1. The number of fused-ring (bicyclic) bond motifs is 1. The minimum absolute atomic E-state index is 0.0534. The number of carbonyl (C=O) groups is 1. The highest BCUT2D eigenvalue weighted by Crippen LogP contribution is 2.33. The first-order valence-corrected chi connectivity index (χ1v) is 14.5. The molecule has 10 nitrogen and oxygen atoms in total. The summed E-state index contributed by atoms with van der Waals surface area (Å²) in [4.78, 5) is 31.1. The van der Waals surface area contributed by atoms with Crippen molar-refractivity contribution < 1.29 is 14.3 Å². The van der Waals surface area contributed by atoms with Crippen molar-refractivity contribution in [2.24, 2.45) is 0 Å². The lowest BCUT2D eigenvalue weighted by Gasteiger charge is -2.39. The van der Waals surface area contributed by atoms with Crippen LogP contribution in [0.4, 0.5) is 11.4 Å². The van der Waals surface area contributed by atoms with E-state index in [1.807, 2.05) is 86.6 Å². The number of amides is 1. The lowest BCUT2D eigenvalue weighted by atomic mass is 10.0. The fourth-order valence-electron chi connectivity index (χ4n) is 5.53. The van der Waals surface area contributed by atoms with Gasteiger partial charge in [-0.3, -0.25) is 9.69 Å². The Morgan fingerprint density at radius 3 is 2.31 bits per heavy atom. The predicted molar refractivity (Wildman–Crippen MR) is 162 cm³/mol. The van der Waals surface area contributed by atoms with Crippen molar-refractivity contribution in [3.05, 3.63) is 95.2 Å². The van der Waals surface area contributed by atoms with Gasteiger partial charge in [0.2, 0.25) is 5.91 Å². The topological polar surface area (TPSA) is 93.9 Å². The monoisotopic (exact) mass is 568 g/mol. The van der Waals surface area contributed by atoms with Gasteiger partial charge in [0.1, 0.15) is 25.6 Å². The number of aromatic nitrogens is 3. The molecule has 1 aromatic heterocycles. The van der Waals surface area contributed by atoms with Crippen molar-refractivity contribution >= 4 is 17.3 Å². The molecule has 0 spiro atoms. The molecule has 2 unspecified atom stereocenters. The fraction of sp³-hybridized carbons (Fsp3) is 0.344. The molecule has 0 radical (unpaired) electrons. The number of nitrogens with zero attached hydrogens (tertiary/aromatic N) is 5. The number of hydrogen-bond donors (Lipinski definition) is 1. The van der Waals surface area contributed by atoms with E-state index in [1.54, 1.807) is 10.9 Å². The Morgan fingerprint density at radius 2 is 1.60 bits per heavy atom. The van der Waals surface area contributed by atoms with Gasteiger partial charge < -0.3 is 19.7 Å². The normalized spacial score (nSPS) is 16.6. The Bertz CT molecular complexity index is 1570. The summed E-state index contributed by atoms with van der Waals surface area (Å²) >= 11 is 0. The van der Waals surface area contributed by atoms with Gasteiger partial charge in [0.15, 0.2) is 11.5 Å². The van der Waals surface area contributed by atoms with E-state index in [0.29, 0.717) is 30.4 Å². The van der Waals surface area contributed by atoms with E-state index >= 15 is 0 Å². The van der Waals surface area contributed by atoms with Crippen molar-refractivity contribution in [3.8, 4) is 17.2 Å². The van der Waals surface area contributed by atoms with E-state index in [4.69, 9.17) is 9.47 Å². The van der Waals surface area contributed by atoms with Gasteiger partial charge in [-0.05, 0) is 55.3 Å². The molecule has 6 rings (SSSR count). The number of ether oxygens (including phenoxy) is 2. The summed E-state index contributed by atoms with van der Waals surface area (Å²) in [5.74, 6) is 1.25. The maximum absolute atomic E-state index is 13.7. The number of anilines is 2. The number of carbonyl (C=O) groups excluding carboxylic acids is 1. The number of benzene rings is 3. The molecule has 1 fully saturated rings. The van der Waals surface area contributed by atoms with Crippen LogP contribution in [0.15, 0.2) is 83.9 Å². The van der Waals surface area contributed by atoms with Crippen LogP contribution < -0.4 is 25.4 Å². The minimum atomic E-state index is -0.433. The third-order valence-electron chi connectivity index (χ3n) is 8.05. The van der Waals surface area contributed by atoms with Gasteiger partial charge in [-0.15, -0.1) is 0 Å². The molecule has 1 saturated heterocycles. The zero-order chi connectivity index (χ0) is 29.1. The zero-order valence-corrected chi connectivity index (χ0v) is 24.0. The van der Waals surface area contributed by atoms with Gasteiger partial charge in [-0.25, -0.2) is 14.0 Å². The number of rotatable bonds is 8. The van der Waals surface area contributed by atoms with E-state index in [9.17, 15) is 9.59 Å². The van der Waals surface area contributed by atoms with E-state index in [0.717, 1.165) is 49.5 Å². The van der Waals surface area contributed by atoms with Crippen LogP contribution in [0.25, 0.3) is 5.69 Å². The molecule has 3 aromatic carbocycles. The van der Waals surface area contributed by atoms with E-state index < -0.39 is 6.04 Å². The number of hydrogen-bond acceptors (Lipinski definition) is 7. The number of nitrogens with one attached hydrogen (secondary N) is 1. The molecule has 218 valence electrons. The molecule has 0 saturated carbocycles. The summed E-state index contributed by atoms with van der Waals surface area (Å²) in [6.07, 6.45) is 2.43. The summed E-state index contributed by atoms with van der Waals surface area (Å²) in [5.41, 5.74) is 3.37. The molecule has 0 aliphatic carbocycles. The van der Waals surface area contributed by atoms with Crippen LogP contribution >= 0.6 is 0 Å². The summed E-state index contributed by atoms with van der Waals surface area (Å²) in [7, 11) is 0. The highest BCUT2D eigenvalue weighted by molar-refractivity contribution is 5.96. The molecule has 1 N–H and O–H groups in total. The molecule has 4 aromatic rings. The smallest absolute Gasteiger partial charge is 0.350 e. The summed E-state index contributed by atoms with van der Waals surface area (Å²) in [6.45, 7) is 8.03. The van der Waals surface area contributed by atoms with Crippen LogP contribution in [-0.2, 0) is 4.79 Å². The molecule has 10 heteroatoms. The lowest BCUT2D eigenvalue weighted by molar-refractivity contribution is -0.121. The van der Waals surface area contributed by atoms with Crippen molar-refractivity contribution in [2.75, 3.05) is 49.6 Å². The van der Waals surface area contributed by atoms with Crippen molar-refractivity contribution in [3.63, 3.8) is 0 Å². The van der Waals surface area contributed by atoms with Crippen LogP contribution in [-0.4, -0.2) is 64.5 Å². The molecule has 42 heavy (non-hydrogen) atoms. The van der Waals surface area contributed by atoms with Crippen LogP contribution in [0.2, 0.25) is 0 Å². The Labute approximate surface area is 245 Å². The van der Waals surface area contributed by atoms with Gasteiger partial charge >= 0.3 is 5.69 Å². The first-order chi connectivity index (χ1) is 20.5. The highest BCUT2D eigenvalue weighted by Gasteiger charge is 2.31. The molecule has 3 heterocycles. The number of piperazine rings is 1. The Balaban J connectivity index is 1.14. The SMILES string of the molecule is CCC(C)n1ncn(-c2ccc(N3CCN(C(C(=O)Nc4ccc5c(c4)OCCO5)c4ccccc4)CC3)cc2)c1=O. The average molecular weight is 569 g/mol. The minimum Gasteiger partial charge on any atom is -0.486 e. The fourth-order valence-corrected chi connectivity index (χ4v) is 5.53. The lowest BCUT2D eigenvalue weighted by Crippen LogP contribution is -2.50. The predicted octanol–water partition coefficient (Wildman–Crippen LogP) is 4.28. The molecule has 2 aliphatic heterocycles. The molecular weight excluding hydrogens is 532 g/mol. The van der Waals surface area contributed by atoms with Crippen molar-refractivity contribution in [1.82, 2.24) is 19.2 Å². The molecular formula is C32H36N6O4. The van der Waals surface area contributed by atoms with Crippen LogP contribution in [0.3, 0.4) is 0 Å². The van der Waals surface area contributed by atoms with Crippen LogP contribution in [0.5, 0.6) is 11.5 Å². The van der Waals surface area contributed by atoms with E-state index in [1.165, 1.54) is 4.68 Å². The Kier molecular flexibility index (Phi) is 7.96. The van der Waals surface area contributed by atoms with Crippen LogP contribution in [0, 0.1) is 0 Å². The van der Waals surface area contributed by atoms with E-state index in [-0.39, 0.29) is 17.6 Å². The van der Waals surface area contributed by atoms with Gasteiger partial charge in [-0.2, -0.15) is 5.10 Å². The second-order valence-electron chi connectivity index (χ2n) is 10.7. The van der Waals surface area contributed by atoms with Crippen LogP contribution in [0.1, 0.15) is 37.9 Å². The largest absolute Gasteiger partial charge is 0.486 e. The Hall–Kier alpha value is -4.57. The molecule has 2 atom stereocenters. The third-order valence-corrected chi connectivity index (χ3v) is 8.05. The third kappa shape index (κ3) is 5.62. The summed E-state index contributed by atoms with van der Waals surface area (Å²) < 4.78 is 14.4. The van der Waals surface area contributed by atoms with E-state index in [2.05, 4.69) is 20.2 Å². The average Bonchev–Trinajstić information content (AvgIpc) is 3.42. The Morgan fingerprint density at radius 1 is 0.905 bits per heavy atom. The standard InChI is InChI=1S/C32H36N6O4/c1-3-23(2)38-32(40)37(22-33-38)27-12-10-26(11-13-27)35-15-17-36(18-16-35)30(24-7-5-4-6-8-24)31(39)34-25-9-14-28-29(21-25)42-20-19-41-28/h4-14,21-23,30H,3,15-20H2,1-2H3,(H,34,39). The first-order valence-electron chi connectivity index (χ1n) is 14.5. The first kappa shape index (κ1) is 27.6. The van der Waals surface area contributed by atoms with Crippen molar-refractivity contribution in [2.45, 2.75) is 32.4 Å². The maximum Gasteiger partial charge on any atom is 0.350 e. The van der Waals surface area contributed by atoms with Gasteiger partial charge in [-0.1, -0.05) is 37.3 Å². The second-order valence-corrected chi connectivity index (χ2v) is 10.7. The molecule has 1 amide bonds. The zero-order valence-electron chi connectivity index (χ0n) is 24.0. The highest BCUT2D eigenvalue weighted by atomic mass is 16.6. The molecule has 0 bridgehead atoms. The molecule has 2 aliphatic rings.